The first-order valence-corrected chi connectivity index (χ1v) is 10.9. The van der Waals surface area contributed by atoms with Crippen molar-refractivity contribution in [2.24, 2.45) is 13.0 Å². The molecule has 1 aliphatic heterocycles. The Labute approximate surface area is 187 Å². The minimum atomic E-state index is -0.221. The van der Waals surface area contributed by atoms with Gasteiger partial charge in [-0.25, -0.2) is 9.37 Å². The van der Waals surface area contributed by atoms with Gasteiger partial charge in [-0.2, -0.15) is 5.26 Å². The van der Waals surface area contributed by atoms with Gasteiger partial charge < -0.3 is 9.47 Å². The van der Waals surface area contributed by atoms with E-state index in [1.165, 1.54) is 12.1 Å². The molecule has 0 spiro atoms. The molecule has 1 aromatic carbocycles. The highest BCUT2D eigenvalue weighted by molar-refractivity contribution is 5.88. The summed E-state index contributed by atoms with van der Waals surface area (Å²) in [5.41, 5.74) is 3.54. The zero-order chi connectivity index (χ0) is 23.0. The molecular weight excluding hydrogens is 405 g/mol. The topological polar surface area (TPSA) is 65.2 Å². The van der Waals surface area contributed by atoms with Crippen molar-refractivity contribution >= 4 is 16.7 Å². The number of halogens is 1. The van der Waals surface area contributed by atoms with E-state index >= 15 is 0 Å². The van der Waals surface area contributed by atoms with Gasteiger partial charge in [0.25, 0.3) is 5.56 Å². The van der Waals surface area contributed by atoms with Gasteiger partial charge in [0, 0.05) is 38.3 Å². The van der Waals surface area contributed by atoms with E-state index in [2.05, 4.69) is 41.7 Å². The van der Waals surface area contributed by atoms with Crippen LogP contribution in [0.5, 0.6) is 0 Å². The molecule has 32 heavy (non-hydrogen) atoms. The van der Waals surface area contributed by atoms with Crippen LogP contribution in [0.2, 0.25) is 0 Å². The number of fused-ring (bicyclic) bond motifs is 1. The van der Waals surface area contributed by atoms with Crippen LogP contribution in [0, 0.1) is 23.1 Å². The summed E-state index contributed by atoms with van der Waals surface area (Å²) in [5, 5.41) is 9.33. The first kappa shape index (κ1) is 22.0. The van der Waals surface area contributed by atoms with Crippen LogP contribution >= 0.6 is 0 Å². The number of rotatable bonds is 4. The van der Waals surface area contributed by atoms with Gasteiger partial charge in [0.2, 0.25) is 0 Å². The molecule has 7 heteroatoms. The van der Waals surface area contributed by atoms with Crippen molar-refractivity contribution in [2.75, 3.05) is 18.5 Å². The maximum Gasteiger partial charge on any atom is 0.252 e. The van der Waals surface area contributed by atoms with Crippen molar-refractivity contribution in [3.63, 3.8) is 0 Å². The van der Waals surface area contributed by atoms with Crippen LogP contribution < -0.4 is 10.5 Å². The normalized spacial score (nSPS) is 21.2. The van der Waals surface area contributed by atoms with E-state index in [0.29, 0.717) is 23.2 Å². The molecule has 3 heterocycles. The number of hydrogen-bond acceptors (Lipinski definition) is 5. The quantitative estimate of drug-likeness (QED) is 0.628. The average Bonchev–Trinajstić information content (AvgIpc) is 2.78. The summed E-state index contributed by atoms with van der Waals surface area (Å²) in [4.78, 5) is 21.8. The Morgan fingerprint density at radius 2 is 1.94 bits per heavy atom. The number of aromatic nitrogens is 2. The number of aryl methyl sites for hydroxylation is 1. The van der Waals surface area contributed by atoms with Crippen LogP contribution in [-0.4, -0.2) is 40.1 Å². The Morgan fingerprint density at radius 3 is 2.62 bits per heavy atom. The third-order valence-corrected chi connectivity index (χ3v) is 6.66. The molecule has 0 bridgehead atoms. The van der Waals surface area contributed by atoms with Crippen molar-refractivity contribution in [3.8, 4) is 6.07 Å². The van der Waals surface area contributed by atoms with E-state index in [0.717, 1.165) is 36.3 Å². The fourth-order valence-electron chi connectivity index (χ4n) is 4.86. The number of anilines is 1. The Balaban J connectivity index is 1.62. The average molecular weight is 434 g/mol. The molecule has 3 atom stereocenters. The molecule has 6 nitrogen and oxygen atoms in total. The van der Waals surface area contributed by atoms with Crippen molar-refractivity contribution in [1.82, 2.24) is 14.5 Å². The zero-order valence-corrected chi connectivity index (χ0v) is 18.9. The second-order valence-corrected chi connectivity index (χ2v) is 8.93. The molecule has 0 amide bonds. The van der Waals surface area contributed by atoms with E-state index in [9.17, 15) is 14.4 Å². The van der Waals surface area contributed by atoms with Crippen LogP contribution in [0.4, 0.5) is 10.1 Å². The first-order chi connectivity index (χ1) is 15.3. The standard InChI is InChI=1S/C25H28FN5O/c1-16-14-31(17(2)11-22(16)29(3)15-18-5-7-19(26)8-6-18)23-12-24(32)30(4)21-10-9-20(13-27)28-25(21)23/h5-10,12,16-17,22H,11,14-15H2,1-4H3/t16-,17-,22?/m0/s1. The molecule has 1 unspecified atom stereocenters. The molecule has 1 saturated heterocycles. The van der Waals surface area contributed by atoms with E-state index in [-0.39, 0.29) is 17.4 Å². The van der Waals surface area contributed by atoms with Gasteiger partial charge in [0.1, 0.15) is 23.1 Å². The van der Waals surface area contributed by atoms with Crippen molar-refractivity contribution in [1.29, 1.82) is 5.26 Å². The van der Waals surface area contributed by atoms with Crippen LogP contribution in [0.1, 0.15) is 31.5 Å². The third kappa shape index (κ3) is 4.11. The van der Waals surface area contributed by atoms with Crippen LogP contribution in [0.25, 0.3) is 11.0 Å². The third-order valence-electron chi connectivity index (χ3n) is 6.66. The van der Waals surface area contributed by atoms with Crippen molar-refractivity contribution < 1.29 is 4.39 Å². The molecule has 3 aromatic rings. The first-order valence-electron chi connectivity index (χ1n) is 10.9. The number of piperidine rings is 1. The van der Waals surface area contributed by atoms with Crippen LogP contribution in [-0.2, 0) is 13.6 Å². The van der Waals surface area contributed by atoms with Gasteiger partial charge in [-0.1, -0.05) is 19.1 Å². The molecule has 0 aliphatic carbocycles. The summed E-state index contributed by atoms with van der Waals surface area (Å²) in [5.74, 6) is 0.121. The van der Waals surface area contributed by atoms with Gasteiger partial charge in [0.05, 0.1) is 11.2 Å². The minimum Gasteiger partial charge on any atom is -0.366 e. The second kappa shape index (κ2) is 8.71. The van der Waals surface area contributed by atoms with E-state index < -0.39 is 0 Å². The summed E-state index contributed by atoms with van der Waals surface area (Å²) in [6, 6.07) is 14.4. The lowest BCUT2D eigenvalue weighted by Gasteiger charge is -2.46. The van der Waals surface area contributed by atoms with Crippen molar-refractivity contribution in [2.45, 2.75) is 38.9 Å². The molecule has 4 rings (SSSR count). The molecule has 0 saturated carbocycles. The van der Waals surface area contributed by atoms with E-state index in [1.54, 1.807) is 29.8 Å². The molecule has 1 fully saturated rings. The largest absolute Gasteiger partial charge is 0.366 e. The number of nitriles is 1. The van der Waals surface area contributed by atoms with E-state index in [4.69, 9.17) is 0 Å². The van der Waals surface area contributed by atoms with Crippen LogP contribution in [0.15, 0.2) is 47.3 Å². The van der Waals surface area contributed by atoms with Crippen molar-refractivity contribution in [3.05, 3.63) is 69.9 Å². The molecule has 2 aromatic heterocycles. The summed E-state index contributed by atoms with van der Waals surface area (Å²) < 4.78 is 14.8. The van der Waals surface area contributed by atoms with Crippen LogP contribution in [0.3, 0.4) is 0 Å². The fourth-order valence-corrected chi connectivity index (χ4v) is 4.86. The van der Waals surface area contributed by atoms with Gasteiger partial charge in [-0.05, 0) is 56.1 Å². The smallest absolute Gasteiger partial charge is 0.252 e. The predicted octanol–water partition coefficient (Wildman–Crippen LogP) is 3.68. The molecule has 166 valence electrons. The maximum atomic E-state index is 13.2. The lowest BCUT2D eigenvalue weighted by atomic mass is 9.87. The van der Waals surface area contributed by atoms with Gasteiger partial charge >= 0.3 is 0 Å². The Hall–Kier alpha value is -3.24. The fraction of sp³-hybridized carbons (Fsp3) is 0.400. The Bertz CT molecular complexity index is 1230. The monoisotopic (exact) mass is 433 g/mol. The highest BCUT2D eigenvalue weighted by Gasteiger charge is 2.34. The summed E-state index contributed by atoms with van der Waals surface area (Å²) in [7, 11) is 3.84. The molecular formula is C25H28FN5O. The zero-order valence-electron chi connectivity index (χ0n) is 18.9. The molecule has 1 aliphatic rings. The maximum absolute atomic E-state index is 13.2. The minimum absolute atomic E-state index is 0.0885. The number of pyridine rings is 2. The molecule has 0 radical (unpaired) electrons. The highest BCUT2D eigenvalue weighted by atomic mass is 19.1. The Morgan fingerprint density at radius 1 is 1.22 bits per heavy atom. The Kier molecular flexibility index (Phi) is 5.98. The lowest BCUT2D eigenvalue weighted by Crippen LogP contribution is -2.53. The lowest BCUT2D eigenvalue weighted by molar-refractivity contribution is 0.138. The molecule has 0 N–H and O–H groups in total. The van der Waals surface area contributed by atoms with Gasteiger partial charge in [-0.3, -0.25) is 9.69 Å². The predicted molar refractivity (Wildman–Crippen MR) is 124 cm³/mol. The van der Waals surface area contributed by atoms with Gasteiger partial charge in [-0.15, -0.1) is 0 Å². The summed E-state index contributed by atoms with van der Waals surface area (Å²) >= 11 is 0. The SMILES string of the molecule is C[C@H]1CN(c2cc(=O)n(C)c3ccc(C#N)nc23)[C@@H](C)CC1N(C)Cc1ccc(F)cc1. The highest BCUT2D eigenvalue weighted by Crippen LogP contribution is 2.33. The number of nitrogens with zero attached hydrogens (tertiary/aromatic N) is 5. The number of benzene rings is 1. The number of hydrogen-bond donors (Lipinski definition) is 0. The van der Waals surface area contributed by atoms with Gasteiger partial charge in [0.15, 0.2) is 0 Å². The summed E-state index contributed by atoms with van der Waals surface area (Å²) in [6.07, 6.45) is 0.924. The van der Waals surface area contributed by atoms with E-state index in [1.807, 2.05) is 12.1 Å². The summed E-state index contributed by atoms with van der Waals surface area (Å²) in [6.45, 7) is 5.92. The second-order valence-electron chi connectivity index (χ2n) is 8.93.